The van der Waals surface area contributed by atoms with E-state index in [1.807, 2.05) is 0 Å². The zero-order valence-corrected chi connectivity index (χ0v) is 13.8. The van der Waals surface area contributed by atoms with Crippen molar-refractivity contribution in [1.29, 1.82) is 0 Å². The Morgan fingerprint density at radius 3 is 1.90 bits per heavy atom. The minimum atomic E-state index is -4.17. The molecule has 0 saturated carbocycles. The number of hydrogen-bond acceptors (Lipinski definition) is 4. The highest BCUT2D eigenvalue weighted by atomic mass is 32.2. The Morgan fingerprint density at radius 2 is 1.62 bits per heavy atom. The first kappa shape index (κ1) is 18.1. The van der Waals surface area contributed by atoms with Crippen molar-refractivity contribution in [1.82, 2.24) is 10.0 Å². The molecule has 9 heteroatoms. The van der Waals surface area contributed by atoms with E-state index in [4.69, 9.17) is 10.9 Å². The molecule has 0 aliphatic carbocycles. The van der Waals surface area contributed by atoms with E-state index in [9.17, 15) is 16.8 Å². The molecule has 0 spiro atoms. The van der Waals surface area contributed by atoms with Crippen molar-refractivity contribution in [2.75, 3.05) is 6.26 Å². The third-order valence-corrected chi connectivity index (χ3v) is 5.56. The second-order valence-electron chi connectivity index (χ2n) is 5.05. The third-order valence-electron chi connectivity index (χ3n) is 2.90. The smallest absolute Gasteiger partial charge is 0.230 e. The molecule has 0 heterocycles. The highest BCUT2D eigenvalue weighted by Crippen LogP contribution is 2.29. The molecule has 119 valence electrons. The van der Waals surface area contributed by atoms with Crippen molar-refractivity contribution < 1.29 is 16.8 Å². The molecule has 0 aliphatic heterocycles. The lowest BCUT2D eigenvalue weighted by atomic mass is 10.1. The lowest BCUT2D eigenvalue weighted by Crippen LogP contribution is -2.44. The van der Waals surface area contributed by atoms with Crippen molar-refractivity contribution in [2.45, 2.75) is 31.8 Å². The van der Waals surface area contributed by atoms with Gasteiger partial charge in [0.2, 0.25) is 20.0 Å². The summed E-state index contributed by atoms with van der Waals surface area (Å²) in [5.41, 5.74) is 8.20. The molecule has 0 aliphatic rings. The van der Waals surface area contributed by atoms with Crippen LogP contribution in [0.3, 0.4) is 0 Å². The second kappa shape index (κ2) is 6.41. The van der Waals surface area contributed by atoms with Gasteiger partial charge in [0.25, 0.3) is 0 Å². The van der Waals surface area contributed by atoms with Gasteiger partial charge in [-0.2, -0.15) is 4.31 Å². The highest BCUT2D eigenvalue weighted by molar-refractivity contribution is 7.92. The van der Waals surface area contributed by atoms with Crippen LogP contribution in [0.15, 0.2) is 24.3 Å². The molecule has 1 aromatic carbocycles. The van der Waals surface area contributed by atoms with E-state index >= 15 is 0 Å². The van der Waals surface area contributed by atoms with Gasteiger partial charge in [-0.3, -0.25) is 5.73 Å². The first-order valence-corrected chi connectivity index (χ1v) is 9.67. The molecular formula is C12H20N3O4S2. The van der Waals surface area contributed by atoms with E-state index in [2.05, 4.69) is 0 Å². The van der Waals surface area contributed by atoms with Crippen LogP contribution in [0.5, 0.6) is 0 Å². The summed E-state index contributed by atoms with van der Waals surface area (Å²) in [7, 11) is -7.94. The number of nitrogens with one attached hydrogen (secondary N) is 1. The first-order chi connectivity index (χ1) is 9.48. The summed E-state index contributed by atoms with van der Waals surface area (Å²) < 4.78 is 48.6. The van der Waals surface area contributed by atoms with Gasteiger partial charge in [0.05, 0.1) is 6.26 Å². The van der Waals surface area contributed by atoms with Crippen LogP contribution in [0.25, 0.3) is 0 Å². The average Bonchev–Trinajstić information content (AvgIpc) is 2.32. The molecule has 1 radical (unpaired) electrons. The molecule has 0 aromatic heterocycles. The van der Waals surface area contributed by atoms with E-state index in [1.165, 1.54) is 12.1 Å². The number of primary sulfonamides is 1. The maximum absolute atomic E-state index is 11.9. The van der Waals surface area contributed by atoms with Gasteiger partial charge >= 0.3 is 0 Å². The SMILES string of the molecule is CC(C)N(C(c1ccc(C[NH])cc1)S(N)(=O)=O)S(C)(=O)=O. The largest absolute Gasteiger partial charge is 0.253 e. The summed E-state index contributed by atoms with van der Waals surface area (Å²) in [5.74, 6) is 0. The minimum Gasteiger partial charge on any atom is -0.253 e. The number of nitrogens with two attached hydrogens (primary N) is 1. The third kappa shape index (κ3) is 4.48. The lowest BCUT2D eigenvalue weighted by molar-refractivity contribution is 0.331. The Balaban J connectivity index is 3.48. The normalized spacial score (nSPS) is 14.6. The monoisotopic (exact) mass is 334 g/mol. The summed E-state index contributed by atoms with van der Waals surface area (Å²) in [5, 5.41) is 3.77. The molecule has 1 atom stereocenters. The van der Waals surface area contributed by atoms with Crippen molar-refractivity contribution in [2.24, 2.45) is 5.14 Å². The van der Waals surface area contributed by atoms with Crippen LogP contribution < -0.4 is 10.9 Å². The van der Waals surface area contributed by atoms with Gasteiger partial charge in [-0.25, -0.2) is 22.0 Å². The fourth-order valence-electron chi connectivity index (χ4n) is 2.11. The Bertz CT molecular complexity index is 682. The molecule has 7 nitrogen and oxygen atoms in total. The molecule has 0 saturated heterocycles. The van der Waals surface area contributed by atoms with Crippen LogP contribution in [0.2, 0.25) is 0 Å². The summed E-state index contributed by atoms with van der Waals surface area (Å²) in [4.78, 5) is 0. The van der Waals surface area contributed by atoms with E-state index in [0.717, 1.165) is 10.6 Å². The van der Waals surface area contributed by atoms with Crippen molar-refractivity contribution >= 4 is 20.0 Å². The topological polar surface area (TPSA) is 121 Å². The molecule has 3 N–H and O–H groups in total. The summed E-state index contributed by atoms with van der Waals surface area (Å²) in [6.45, 7) is 3.22. The van der Waals surface area contributed by atoms with Crippen molar-refractivity contribution in [3.63, 3.8) is 0 Å². The first-order valence-electron chi connectivity index (χ1n) is 6.22. The van der Waals surface area contributed by atoms with Gasteiger partial charge in [-0.15, -0.1) is 0 Å². The predicted molar refractivity (Wildman–Crippen MR) is 80.9 cm³/mol. The van der Waals surface area contributed by atoms with Gasteiger partial charge in [-0.1, -0.05) is 24.3 Å². The van der Waals surface area contributed by atoms with Crippen molar-refractivity contribution in [3.05, 3.63) is 35.4 Å². The zero-order chi connectivity index (χ0) is 16.4. The molecule has 1 rings (SSSR count). The van der Waals surface area contributed by atoms with Crippen LogP contribution in [0.1, 0.15) is 30.3 Å². The van der Waals surface area contributed by atoms with Crippen molar-refractivity contribution in [3.8, 4) is 0 Å². The fraction of sp³-hybridized carbons (Fsp3) is 0.500. The predicted octanol–water partition coefficient (Wildman–Crippen LogP) is 0.427. The van der Waals surface area contributed by atoms with E-state index in [-0.39, 0.29) is 12.1 Å². The van der Waals surface area contributed by atoms with Crippen LogP contribution in [0, 0.1) is 0 Å². The zero-order valence-electron chi connectivity index (χ0n) is 12.1. The van der Waals surface area contributed by atoms with Crippen LogP contribution in [-0.4, -0.2) is 33.4 Å². The standard InChI is InChI=1S/C12H20N3O4S2/c1-9(2)15(20(3,16)17)12(21(14,18)19)11-6-4-10(8-13)5-7-11/h4-7,9,12-13H,8H2,1-3H3,(H2,14,18,19). The quantitative estimate of drug-likeness (QED) is 0.810. The number of nitrogens with zero attached hydrogens (tertiary/aromatic N) is 1. The summed E-state index contributed by atoms with van der Waals surface area (Å²) >= 11 is 0. The van der Waals surface area contributed by atoms with Gasteiger partial charge in [0.1, 0.15) is 0 Å². The molecule has 1 unspecified atom stereocenters. The Morgan fingerprint density at radius 1 is 1.14 bits per heavy atom. The fourth-order valence-corrected chi connectivity index (χ4v) is 5.24. The molecule has 0 fully saturated rings. The molecule has 0 amide bonds. The van der Waals surface area contributed by atoms with E-state index in [1.54, 1.807) is 26.0 Å². The highest BCUT2D eigenvalue weighted by Gasteiger charge is 2.37. The molecular weight excluding hydrogens is 314 g/mol. The molecule has 21 heavy (non-hydrogen) atoms. The van der Waals surface area contributed by atoms with E-state index < -0.39 is 31.5 Å². The maximum atomic E-state index is 11.9. The minimum absolute atomic E-state index is 0.0558. The van der Waals surface area contributed by atoms with Gasteiger partial charge < -0.3 is 0 Å². The van der Waals surface area contributed by atoms with Crippen LogP contribution in [0.4, 0.5) is 0 Å². The Kier molecular flexibility index (Phi) is 5.51. The number of sulfonamides is 2. The molecule has 0 bridgehead atoms. The summed E-state index contributed by atoms with van der Waals surface area (Å²) in [6.07, 6.45) is 0.948. The number of rotatable bonds is 6. The lowest BCUT2D eigenvalue weighted by Gasteiger charge is -2.31. The van der Waals surface area contributed by atoms with Gasteiger partial charge in [0.15, 0.2) is 5.37 Å². The Hall–Kier alpha value is -1.00. The van der Waals surface area contributed by atoms with Gasteiger partial charge in [-0.05, 0) is 25.0 Å². The maximum Gasteiger partial charge on any atom is 0.230 e. The number of benzene rings is 1. The molecule has 1 aromatic rings. The second-order valence-corrected chi connectivity index (χ2v) is 8.56. The number of hydrogen-bond donors (Lipinski definition) is 1. The average molecular weight is 334 g/mol. The van der Waals surface area contributed by atoms with Gasteiger partial charge in [0, 0.05) is 12.6 Å². The van der Waals surface area contributed by atoms with Crippen LogP contribution in [-0.2, 0) is 26.6 Å². The van der Waals surface area contributed by atoms with E-state index in [0.29, 0.717) is 5.56 Å². The summed E-state index contributed by atoms with van der Waals surface area (Å²) in [6, 6.07) is 5.57. The van der Waals surface area contributed by atoms with Crippen LogP contribution >= 0.6 is 0 Å². The Labute approximate surface area is 126 Å².